The molecule has 0 saturated heterocycles. The number of amides is 1. The second-order valence-corrected chi connectivity index (χ2v) is 6.22. The minimum absolute atomic E-state index is 0.0992. The molecule has 0 aliphatic heterocycles. The molecule has 27 heavy (non-hydrogen) atoms. The third-order valence-electron chi connectivity index (χ3n) is 4.00. The van der Waals surface area contributed by atoms with Gasteiger partial charge in [0.2, 0.25) is 5.91 Å². The highest BCUT2D eigenvalue weighted by Crippen LogP contribution is 2.09. The molecule has 0 atom stereocenters. The highest BCUT2D eigenvalue weighted by molar-refractivity contribution is 5.86. The summed E-state index contributed by atoms with van der Waals surface area (Å²) in [7, 11) is 0. The second kappa shape index (κ2) is 11.0. The maximum atomic E-state index is 13.6. The van der Waals surface area contributed by atoms with Crippen molar-refractivity contribution >= 4 is 11.9 Å². The Balaban J connectivity index is 1.78. The summed E-state index contributed by atoms with van der Waals surface area (Å²) in [5, 5.41) is 8.96. The van der Waals surface area contributed by atoms with Crippen LogP contribution in [0, 0.1) is 12.7 Å². The lowest BCUT2D eigenvalue weighted by molar-refractivity contribution is -0.119. The third kappa shape index (κ3) is 7.48. The molecule has 0 radical (unpaired) electrons. The Bertz CT molecular complexity index is 762. The van der Waals surface area contributed by atoms with E-state index in [2.05, 4.69) is 20.9 Å². The van der Waals surface area contributed by atoms with Gasteiger partial charge in [0, 0.05) is 13.1 Å². The molecule has 5 nitrogen and oxygen atoms in total. The molecular weight excluding hydrogens is 343 g/mol. The van der Waals surface area contributed by atoms with Crippen molar-refractivity contribution < 1.29 is 9.18 Å². The summed E-state index contributed by atoms with van der Waals surface area (Å²) < 4.78 is 13.6. The van der Waals surface area contributed by atoms with Gasteiger partial charge in [-0.15, -0.1) is 0 Å². The average Bonchev–Trinajstić information content (AvgIpc) is 2.67. The van der Waals surface area contributed by atoms with Crippen LogP contribution in [0.4, 0.5) is 4.39 Å². The fourth-order valence-electron chi connectivity index (χ4n) is 2.46. The highest BCUT2D eigenvalue weighted by Gasteiger charge is 2.04. The molecule has 0 heterocycles. The minimum atomic E-state index is -0.238. The van der Waals surface area contributed by atoms with E-state index in [-0.39, 0.29) is 18.3 Å². The quantitative estimate of drug-likeness (QED) is 0.494. The molecule has 0 aromatic heterocycles. The Hall–Kier alpha value is -2.89. The van der Waals surface area contributed by atoms with E-state index in [9.17, 15) is 9.18 Å². The molecule has 2 aromatic carbocycles. The monoisotopic (exact) mass is 370 g/mol. The van der Waals surface area contributed by atoms with Crippen LogP contribution in [0.15, 0.2) is 53.5 Å². The van der Waals surface area contributed by atoms with Crippen LogP contribution in [0.25, 0.3) is 0 Å². The zero-order valence-corrected chi connectivity index (χ0v) is 15.9. The number of guanidine groups is 1. The van der Waals surface area contributed by atoms with E-state index in [0.29, 0.717) is 31.2 Å². The number of rotatable bonds is 8. The summed E-state index contributed by atoms with van der Waals surface area (Å²) >= 11 is 0. The van der Waals surface area contributed by atoms with E-state index in [1.807, 2.05) is 43.3 Å². The number of nitrogens with zero attached hydrogens (tertiary/aromatic N) is 1. The van der Waals surface area contributed by atoms with Gasteiger partial charge in [0.05, 0.1) is 13.1 Å². The maximum absolute atomic E-state index is 13.6. The Morgan fingerprint density at radius 1 is 1.04 bits per heavy atom. The van der Waals surface area contributed by atoms with Gasteiger partial charge in [0.1, 0.15) is 5.82 Å². The van der Waals surface area contributed by atoms with E-state index in [1.54, 1.807) is 13.0 Å². The lowest BCUT2D eigenvalue weighted by Crippen LogP contribution is -2.43. The van der Waals surface area contributed by atoms with Gasteiger partial charge in [0.25, 0.3) is 0 Å². The molecule has 6 heteroatoms. The van der Waals surface area contributed by atoms with Crippen LogP contribution in [-0.4, -0.2) is 31.5 Å². The van der Waals surface area contributed by atoms with Gasteiger partial charge in [-0.25, -0.2) is 9.38 Å². The summed E-state index contributed by atoms with van der Waals surface area (Å²) in [6, 6.07) is 15.1. The van der Waals surface area contributed by atoms with Gasteiger partial charge in [-0.05, 0) is 43.0 Å². The van der Waals surface area contributed by atoms with E-state index >= 15 is 0 Å². The first-order valence-corrected chi connectivity index (χ1v) is 9.16. The molecule has 0 saturated carbocycles. The number of halogens is 1. The van der Waals surface area contributed by atoms with Crippen molar-refractivity contribution in [2.75, 3.05) is 19.6 Å². The summed E-state index contributed by atoms with van der Waals surface area (Å²) in [5.74, 6) is 0.188. The number of hydrogen-bond donors (Lipinski definition) is 3. The van der Waals surface area contributed by atoms with Crippen molar-refractivity contribution in [2.45, 2.75) is 26.8 Å². The summed E-state index contributed by atoms with van der Waals surface area (Å²) in [6.07, 6.45) is 0.791. The Kier molecular flexibility index (Phi) is 8.29. The largest absolute Gasteiger partial charge is 0.357 e. The fourth-order valence-corrected chi connectivity index (χ4v) is 2.46. The van der Waals surface area contributed by atoms with Crippen molar-refractivity contribution in [1.29, 1.82) is 0 Å². The Morgan fingerprint density at radius 3 is 2.52 bits per heavy atom. The van der Waals surface area contributed by atoms with Crippen molar-refractivity contribution in [3.05, 3.63) is 71.0 Å². The summed E-state index contributed by atoms with van der Waals surface area (Å²) in [4.78, 5) is 16.4. The molecular formula is C21H27FN4O. The van der Waals surface area contributed by atoms with Crippen LogP contribution in [0.2, 0.25) is 0 Å². The van der Waals surface area contributed by atoms with Crippen molar-refractivity contribution in [3.8, 4) is 0 Å². The van der Waals surface area contributed by atoms with Crippen LogP contribution in [0.5, 0.6) is 0 Å². The zero-order valence-electron chi connectivity index (χ0n) is 15.9. The number of carbonyl (C=O) groups is 1. The summed E-state index contributed by atoms with van der Waals surface area (Å²) in [5.41, 5.74) is 2.58. The smallest absolute Gasteiger partial charge is 0.239 e. The molecule has 0 aliphatic rings. The van der Waals surface area contributed by atoms with E-state index in [4.69, 9.17) is 0 Å². The van der Waals surface area contributed by atoms with Gasteiger partial charge in [-0.1, -0.05) is 42.5 Å². The number of benzene rings is 2. The van der Waals surface area contributed by atoms with E-state index in [1.165, 1.54) is 11.6 Å². The number of aliphatic imine (C=N–C) groups is 1. The topological polar surface area (TPSA) is 65.5 Å². The molecule has 0 aliphatic carbocycles. The number of nitrogens with one attached hydrogen (secondary N) is 3. The standard InChI is InChI=1S/C21H27FN4O/c1-3-23-21(25-14-18-10-9-16(2)19(22)13-18)26-15-20(27)24-12-11-17-7-5-4-6-8-17/h4-10,13H,3,11-12,14-15H2,1-2H3,(H,24,27)(H2,23,25,26). The first kappa shape index (κ1) is 20.4. The molecule has 0 unspecified atom stereocenters. The Morgan fingerprint density at radius 2 is 1.81 bits per heavy atom. The van der Waals surface area contributed by atoms with Crippen molar-refractivity contribution in [2.24, 2.45) is 4.99 Å². The predicted molar refractivity (Wildman–Crippen MR) is 107 cm³/mol. The van der Waals surface area contributed by atoms with Gasteiger partial charge >= 0.3 is 0 Å². The number of aryl methyl sites for hydroxylation is 1. The van der Waals surface area contributed by atoms with Gasteiger partial charge in [0.15, 0.2) is 5.96 Å². The fraction of sp³-hybridized carbons (Fsp3) is 0.333. The molecule has 0 bridgehead atoms. The molecule has 3 N–H and O–H groups in total. The first-order chi connectivity index (χ1) is 13.1. The molecule has 2 rings (SSSR count). The van der Waals surface area contributed by atoms with Gasteiger partial charge in [-0.2, -0.15) is 0 Å². The predicted octanol–water partition coefficient (Wildman–Crippen LogP) is 2.55. The molecule has 0 spiro atoms. The van der Waals surface area contributed by atoms with Crippen LogP contribution in [0.3, 0.4) is 0 Å². The number of carbonyl (C=O) groups excluding carboxylic acids is 1. The SMILES string of the molecule is CCNC(=NCc1ccc(C)c(F)c1)NCC(=O)NCCc1ccccc1. The van der Waals surface area contributed by atoms with E-state index in [0.717, 1.165) is 12.0 Å². The molecule has 144 valence electrons. The lowest BCUT2D eigenvalue weighted by Gasteiger charge is -2.12. The lowest BCUT2D eigenvalue weighted by atomic mass is 10.1. The van der Waals surface area contributed by atoms with Gasteiger partial charge < -0.3 is 16.0 Å². The second-order valence-electron chi connectivity index (χ2n) is 6.22. The average molecular weight is 370 g/mol. The Labute approximate surface area is 160 Å². The zero-order chi connectivity index (χ0) is 19.5. The highest BCUT2D eigenvalue weighted by atomic mass is 19.1. The van der Waals surface area contributed by atoms with Crippen molar-refractivity contribution in [1.82, 2.24) is 16.0 Å². The van der Waals surface area contributed by atoms with E-state index < -0.39 is 0 Å². The summed E-state index contributed by atoms with van der Waals surface area (Å²) in [6.45, 7) is 5.39. The molecule has 1 amide bonds. The number of hydrogen-bond acceptors (Lipinski definition) is 2. The van der Waals surface area contributed by atoms with Crippen LogP contribution < -0.4 is 16.0 Å². The molecule has 2 aromatic rings. The van der Waals surface area contributed by atoms with Gasteiger partial charge in [-0.3, -0.25) is 4.79 Å². The molecule has 0 fully saturated rings. The third-order valence-corrected chi connectivity index (χ3v) is 4.00. The minimum Gasteiger partial charge on any atom is -0.357 e. The van der Waals surface area contributed by atoms with Crippen molar-refractivity contribution in [3.63, 3.8) is 0 Å². The first-order valence-electron chi connectivity index (χ1n) is 9.16. The van der Waals surface area contributed by atoms with Crippen LogP contribution in [-0.2, 0) is 17.8 Å². The normalized spacial score (nSPS) is 11.1. The maximum Gasteiger partial charge on any atom is 0.239 e. The van der Waals surface area contributed by atoms with Crippen LogP contribution >= 0.6 is 0 Å². The van der Waals surface area contributed by atoms with Crippen LogP contribution in [0.1, 0.15) is 23.6 Å².